The Morgan fingerprint density at radius 1 is 0.893 bits per heavy atom. The topological polar surface area (TPSA) is 64.7 Å². The number of anilines is 3. The first kappa shape index (κ1) is 21.1. The van der Waals surface area contributed by atoms with Crippen LogP contribution in [-0.2, 0) is 0 Å². The molecule has 28 heavy (non-hydrogen) atoms. The molecule has 0 saturated heterocycles. The van der Waals surface area contributed by atoms with Gasteiger partial charge in [-0.1, -0.05) is 0 Å². The van der Waals surface area contributed by atoms with Gasteiger partial charge in [0, 0.05) is 50.3 Å². The normalized spacial score (nSPS) is 10.4. The van der Waals surface area contributed by atoms with Crippen molar-refractivity contribution in [3.63, 3.8) is 0 Å². The molecular formula is C20H24F2N4O2. The highest BCUT2D eigenvalue weighted by Crippen LogP contribution is 2.25. The van der Waals surface area contributed by atoms with Crippen LogP contribution in [0, 0.1) is 11.6 Å². The zero-order chi connectivity index (χ0) is 20.8. The van der Waals surface area contributed by atoms with Crippen LogP contribution in [0.3, 0.4) is 0 Å². The molecule has 2 N–H and O–H groups in total. The lowest BCUT2D eigenvalue weighted by molar-refractivity contribution is 0.0773. The number of amides is 3. The molecule has 0 bridgehead atoms. The van der Waals surface area contributed by atoms with Crippen LogP contribution >= 0.6 is 0 Å². The predicted molar refractivity (Wildman–Crippen MR) is 107 cm³/mol. The van der Waals surface area contributed by atoms with E-state index in [-0.39, 0.29) is 11.6 Å². The van der Waals surface area contributed by atoms with Gasteiger partial charge in [-0.25, -0.2) is 13.6 Å². The molecule has 8 heteroatoms. The van der Waals surface area contributed by atoms with Crippen molar-refractivity contribution in [2.45, 2.75) is 13.8 Å². The smallest absolute Gasteiger partial charge is 0.323 e. The summed E-state index contributed by atoms with van der Waals surface area (Å²) in [5, 5.41) is 5.03. The quantitative estimate of drug-likeness (QED) is 0.779. The zero-order valence-electron chi connectivity index (χ0n) is 16.3. The number of carbonyl (C=O) groups is 2. The molecular weight excluding hydrogens is 366 g/mol. The van der Waals surface area contributed by atoms with E-state index in [0.717, 1.165) is 17.8 Å². The molecule has 0 aromatic heterocycles. The van der Waals surface area contributed by atoms with E-state index in [2.05, 4.69) is 10.6 Å². The molecule has 0 fully saturated rings. The standard InChI is InChI=1S/C20H24F2N4O2/c1-5-26(6-2)19(27)15-11-13(8-10-18(15)25(3)4)23-20(28)24-14-7-9-16(21)17(22)12-14/h7-12H,5-6H2,1-4H3,(H2,23,24,28). The Balaban J connectivity index is 2.23. The Hall–Kier alpha value is -3.16. The molecule has 0 aliphatic carbocycles. The Morgan fingerprint density at radius 2 is 1.46 bits per heavy atom. The van der Waals surface area contributed by atoms with E-state index in [4.69, 9.17) is 0 Å². The van der Waals surface area contributed by atoms with Gasteiger partial charge in [0.1, 0.15) is 0 Å². The predicted octanol–water partition coefficient (Wildman–Crippen LogP) is 4.16. The minimum atomic E-state index is -1.06. The lowest BCUT2D eigenvalue weighted by Gasteiger charge is -2.23. The number of hydrogen-bond acceptors (Lipinski definition) is 3. The van der Waals surface area contributed by atoms with Gasteiger partial charge in [0.2, 0.25) is 0 Å². The molecule has 6 nitrogen and oxygen atoms in total. The van der Waals surface area contributed by atoms with Crippen LogP contribution in [0.4, 0.5) is 30.6 Å². The van der Waals surface area contributed by atoms with Crippen molar-refractivity contribution < 1.29 is 18.4 Å². The van der Waals surface area contributed by atoms with Crippen LogP contribution in [0.5, 0.6) is 0 Å². The third kappa shape index (κ3) is 4.97. The third-order valence-corrected chi connectivity index (χ3v) is 4.19. The van der Waals surface area contributed by atoms with Crippen molar-refractivity contribution in [2.75, 3.05) is 42.7 Å². The van der Waals surface area contributed by atoms with Crippen LogP contribution in [0.15, 0.2) is 36.4 Å². The number of carbonyl (C=O) groups excluding carboxylic acids is 2. The summed E-state index contributed by atoms with van der Waals surface area (Å²) in [5.41, 5.74) is 1.70. The molecule has 3 amide bonds. The van der Waals surface area contributed by atoms with Crippen LogP contribution in [-0.4, -0.2) is 44.0 Å². The maximum absolute atomic E-state index is 13.3. The number of rotatable bonds is 6. The fourth-order valence-corrected chi connectivity index (χ4v) is 2.72. The van der Waals surface area contributed by atoms with Gasteiger partial charge >= 0.3 is 6.03 Å². The minimum absolute atomic E-state index is 0.112. The second kappa shape index (κ2) is 9.16. The molecule has 0 spiro atoms. The van der Waals surface area contributed by atoms with Crippen molar-refractivity contribution >= 4 is 29.0 Å². The van der Waals surface area contributed by atoms with E-state index in [1.807, 2.05) is 32.8 Å². The number of hydrogen-bond donors (Lipinski definition) is 2. The summed E-state index contributed by atoms with van der Waals surface area (Å²) in [5.74, 6) is -2.19. The molecule has 0 aliphatic heterocycles. The highest BCUT2D eigenvalue weighted by Gasteiger charge is 2.19. The van der Waals surface area contributed by atoms with Crippen molar-refractivity contribution in [3.05, 3.63) is 53.6 Å². The van der Waals surface area contributed by atoms with Crippen molar-refractivity contribution in [1.82, 2.24) is 4.90 Å². The zero-order valence-corrected chi connectivity index (χ0v) is 16.3. The summed E-state index contributed by atoms with van der Waals surface area (Å²) in [6.45, 7) is 4.93. The molecule has 150 valence electrons. The van der Waals surface area contributed by atoms with Gasteiger partial charge in [0.15, 0.2) is 11.6 Å². The fourth-order valence-electron chi connectivity index (χ4n) is 2.72. The summed E-state index contributed by atoms with van der Waals surface area (Å²) < 4.78 is 26.3. The Labute approximate surface area is 163 Å². The van der Waals surface area contributed by atoms with E-state index in [0.29, 0.717) is 24.3 Å². The van der Waals surface area contributed by atoms with Gasteiger partial charge in [-0.2, -0.15) is 0 Å². The molecule has 0 aliphatic rings. The third-order valence-electron chi connectivity index (χ3n) is 4.19. The number of nitrogens with zero attached hydrogens (tertiary/aromatic N) is 2. The maximum atomic E-state index is 13.3. The molecule has 0 radical (unpaired) electrons. The van der Waals surface area contributed by atoms with Crippen LogP contribution in [0.2, 0.25) is 0 Å². The van der Waals surface area contributed by atoms with Crippen molar-refractivity contribution in [1.29, 1.82) is 0 Å². The summed E-state index contributed by atoms with van der Waals surface area (Å²) in [4.78, 5) is 28.5. The molecule has 0 atom stereocenters. The van der Waals surface area contributed by atoms with Gasteiger partial charge in [-0.15, -0.1) is 0 Å². The van der Waals surface area contributed by atoms with Crippen molar-refractivity contribution in [2.24, 2.45) is 0 Å². The van der Waals surface area contributed by atoms with Crippen molar-refractivity contribution in [3.8, 4) is 0 Å². The van der Waals surface area contributed by atoms with Gasteiger partial charge in [-0.05, 0) is 44.2 Å². The summed E-state index contributed by atoms with van der Waals surface area (Å²) in [6, 6.07) is 7.44. The lowest BCUT2D eigenvalue weighted by atomic mass is 10.1. The van der Waals surface area contributed by atoms with E-state index < -0.39 is 17.7 Å². The molecule has 2 aromatic carbocycles. The van der Waals surface area contributed by atoms with Gasteiger partial charge in [-0.3, -0.25) is 4.79 Å². The molecule has 0 heterocycles. The second-order valence-electron chi connectivity index (χ2n) is 6.31. The highest BCUT2D eigenvalue weighted by molar-refractivity contribution is 6.04. The van der Waals surface area contributed by atoms with Gasteiger partial charge in [0.05, 0.1) is 5.56 Å². The summed E-state index contributed by atoms with van der Waals surface area (Å²) in [7, 11) is 3.66. The average Bonchev–Trinajstić information content (AvgIpc) is 2.65. The van der Waals surface area contributed by atoms with E-state index >= 15 is 0 Å². The molecule has 2 aromatic rings. The minimum Gasteiger partial charge on any atom is -0.377 e. The highest BCUT2D eigenvalue weighted by atomic mass is 19.2. The Kier molecular flexibility index (Phi) is 6.92. The number of urea groups is 1. The molecule has 2 rings (SSSR count). The lowest BCUT2D eigenvalue weighted by Crippen LogP contribution is -2.32. The number of halogens is 2. The largest absolute Gasteiger partial charge is 0.377 e. The maximum Gasteiger partial charge on any atom is 0.323 e. The number of nitrogens with one attached hydrogen (secondary N) is 2. The summed E-state index contributed by atoms with van der Waals surface area (Å²) >= 11 is 0. The van der Waals surface area contributed by atoms with Crippen LogP contribution < -0.4 is 15.5 Å². The first-order chi connectivity index (χ1) is 13.3. The monoisotopic (exact) mass is 390 g/mol. The number of benzene rings is 2. The first-order valence-corrected chi connectivity index (χ1v) is 8.90. The van der Waals surface area contributed by atoms with Crippen LogP contribution in [0.25, 0.3) is 0 Å². The fraction of sp³-hybridized carbons (Fsp3) is 0.300. The van der Waals surface area contributed by atoms with Gasteiger partial charge < -0.3 is 20.4 Å². The second-order valence-corrected chi connectivity index (χ2v) is 6.31. The van der Waals surface area contributed by atoms with Gasteiger partial charge in [0.25, 0.3) is 5.91 Å². The SMILES string of the molecule is CCN(CC)C(=O)c1cc(NC(=O)Nc2ccc(F)c(F)c2)ccc1N(C)C. The van der Waals surface area contributed by atoms with Crippen LogP contribution in [0.1, 0.15) is 24.2 Å². The Morgan fingerprint density at radius 3 is 2.00 bits per heavy atom. The van der Waals surface area contributed by atoms with E-state index in [9.17, 15) is 18.4 Å². The molecule has 0 saturated carbocycles. The average molecular weight is 390 g/mol. The van der Waals surface area contributed by atoms with E-state index in [1.54, 1.807) is 23.1 Å². The molecule has 0 unspecified atom stereocenters. The van der Waals surface area contributed by atoms with E-state index in [1.165, 1.54) is 6.07 Å². The summed E-state index contributed by atoms with van der Waals surface area (Å²) in [6.07, 6.45) is 0. The first-order valence-electron chi connectivity index (χ1n) is 8.90. The Bertz CT molecular complexity index is 867.